The Balaban J connectivity index is 1.78. The molecule has 7 rings (SSSR count). The van der Waals surface area contributed by atoms with Gasteiger partial charge in [0.25, 0.3) is 0 Å². The molecule has 6 nitrogen and oxygen atoms in total. The number of benzene rings is 4. The van der Waals surface area contributed by atoms with Gasteiger partial charge in [-0.05, 0) is 54.6 Å². The van der Waals surface area contributed by atoms with Crippen molar-refractivity contribution in [3.05, 3.63) is 69.7 Å². The Labute approximate surface area is 200 Å². The highest BCUT2D eigenvalue weighted by atomic mass is 35.5. The normalized spacial score (nSPS) is 12.1. The summed E-state index contributed by atoms with van der Waals surface area (Å²) < 4.78 is 0. The van der Waals surface area contributed by atoms with Gasteiger partial charge in [0.2, 0.25) is 0 Å². The molecule has 0 amide bonds. The zero-order valence-electron chi connectivity index (χ0n) is 16.5. The van der Waals surface area contributed by atoms with Crippen LogP contribution >= 0.6 is 34.8 Å². The molecule has 3 aromatic heterocycles. The van der Waals surface area contributed by atoms with Crippen LogP contribution < -0.4 is 0 Å². The molecular weight excluding hydrogens is 479 g/mol. The smallest absolute Gasteiger partial charge is 0.120 e. The van der Waals surface area contributed by atoms with E-state index in [-0.39, 0.29) is 0 Å². The number of fused-ring (bicyclic) bond motifs is 9. The second kappa shape index (κ2) is 6.78. The summed E-state index contributed by atoms with van der Waals surface area (Å²) >= 11 is 18.6. The zero-order chi connectivity index (χ0) is 22.3. The second-order valence-corrected chi connectivity index (χ2v) is 8.97. The average Bonchev–Trinajstić information content (AvgIpc) is 2.81. The third-order valence-electron chi connectivity index (χ3n) is 5.55. The van der Waals surface area contributed by atoms with Gasteiger partial charge >= 0.3 is 0 Å². The molecule has 0 aliphatic carbocycles. The summed E-state index contributed by atoms with van der Waals surface area (Å²) in [6.45, 7) is 0. The van der Waals surface area contributed by atoms with Crippen molar-refractivity contribution in [1.29, 1.82) is 0 Å². The van der Waals surface area contributed by atoms with Crippen LogP contribution in [0.1, 0.15) is 0 Å². The number of nitrogens with zero attached hydrogens (tertiary/aromatic N) is 6. The van der Waals surface area contributed by atoms with Gasteiger partial charge in [0, 0.05) is 15.1 Å². The van der Waals surface area contributed by atoms with E-state index in [2.05, 4.69) is 0 Å². The molecule has 0 saturated carbocycles. The summed E-state index contributed by atoms with van der Waals surface area (Å²) in [6, 6.07) is 16.2. The molecule has 156 valence electrons. The van der Waals surface area contributed by atoms with E-state index in [9.17, 15) is 0 Å². The van der Waals surface area contributed by atoms with E-state index < -0.39 is 0 Å². The van der Waals surface area contributed by atoms with Crippen LogP contribution in [0.15, 0.2) is 54.6 Å². The van der Waals surface area contributed by atoms with Crippen molar-refractivity contribution in [2.24, 2.45) is 0 Å². The van der Waals surface area contributed by atoms with Crippen molar-refractivity contribution in [3.63, 3.8) is 0 Å². The molecule has 4 aromatic carbocycles. The molecule has 0 spiro atoms. The molecule has 0 aliphatic heterocycles. The minimum Gasteiger partial charge on any atom is -0.242 e. The standard InChI is InChI=1S/C24H9Cl3N6/c25-10-1-4-13-16(7-10)31-22-19(28-13)23-21(30-14-5-2-11(26)8-17(14)32-23)24-20(22)29-15-6-3-12(27)9-18(15)33-24/h1-9H. The van der Waals surface area contributed by atoms with Crippen molar-refractivity contribution in [2.75, 3.05) is 0 Å². The molecule has 0 bridgehead atoms. The summed E-state index contributed by atoms with van der Waals surface area (Å²) in [7, 11) is 0. The molecule has 0 unspecified atom stereocenters. The van der Waals surface area contributed by atoms with Crippen LogP contribution in [0.2, 0.25) is 15.1 Å². The van der Waals surface area contributed by atoms with E-state index in [1.807, 2.05) is 18.2 Å². The van der Waals surface area contributed by atoms with E-state index in [0.29, 0.717) is 81.3 Å². The Morgan fingerprint density at radius 1 is 0.333 bits per heavy atom. The fraction of sp³-hybridized carbons (Fsp3) is 0. The lowest BCUT2D eigenvalue weighted by molar-refractivity contribution is 1.34. The quantitative estimate of drug-likeness (QED) is 0.170. The summed E-state index contributed by atoms with van der Waals surface area (Å²) in [4.78, 5) is 29.2. The zero-order valence-corrected chi connectivity index (χ0v) is 18.8. The first-order valence-electron chi connectivity index (χ1n) is 9.96. The van der Waals surface area contributed by atoms with Crippen molar-refractivity contribution in [1.82, 2.24) is 29.9 Å². The SMILES string of the molecule is Clc1ccc2nc3c4nc5cc(Cl)ccc5nc4c4nc5cc(Cl)ccc5nc4c3nc2c1. The minimum atomic E-state index is 0.576. The van der Waals surface area contributed by atoms with E-state index in [4.69, 9.17) is 64.7 Å². The fourth-order valence-electron chi connectivity index (χ4n) is 4.07. The van der Waals surface area contributed by atoms with Crippen LogP contribution in [0.5, 0.6) is 0 Å². The van der Waals surface area contributed by atoms with Gasteiger partial charge in [0.05, 0.1) is 33.1 Å². The lowest BCUT2D eigenvalue weighted by Crippen LogP contribution is -1.99. The molecule has 3 heterocycles. The lowest BCUT2D eigenvalue weighted by atomic mass is 10.1. The van der Waals surface area contributed by atoms with Crippen LogP contribution in [0.25, 0.3) is 66.2 Å². The van der Waals surface area contributed by atoms with Gasteiger partial charge < -0.3 is 0 Å². The van der Waals surface area contributed by atoms with Crippen LogP contribution in [0.3, 0.4) is 0 Å². The van der Waals surface area contributed by atoms with Crippen molar-refractivity contribution in [2.45, 2.75) is 0 Å². The summed E-state index contributed by atoms with van der Waals surface area (Å²) in [5.74, 6) is 0. The topological polar surface area (TPSA) is 77.3 Å². The first kappa shape index (κ1) is 19.1. The maximum atomic E-state index is 6.21. The molecule has 0 atom stereocenters. The summed E-state index contributed by atoms with van der Waals surface area (Å²) in [5, 5.41) is 1.73. The molecule has 7 aromatic rings. The van der Waals surface area contributed by atoms with Gasteiger partial charge in [0.1, 0.15) is 33.1 Å². The third kappa shape index (κ3) is 2.88. The minimum absolute atomic E-state index is 0.576. The highest BCUT2D eigenvalue weighted by Crippen LogP contribution is 2.34. The van der Waals surface area contributed by atoms with E-state index in [0.717, 1.165) is 0 Å². The predicted molar refractivity (Wildman–Crippen MR) is 133 cm³/mol. The number of aromatic nitrogens is 6. The lowest BCUT2D eigenvalue weighted by Gasteiger charge is -2.10. The Kier molecular flexibility index (Phi) is 3.91. The molecule has 0 saturated heterocycles. The molecule has 0 fully saturated rings. The van der Waals surface area contributed by atoms with Gasteiger partial charge in [-0.3, -0.25) is 0 Å². The second-order valence-electron chi connectivity index (χ2n) is 7.66. The highest BCUT2D eigenvalue weighted by Gasteiger charge is 2.19. The summed E-state index contributed by atoms with van der Waals surface area (Å²) in [5.41, 5.74) is 7.55. The Hall–Kier alpha value is -3.45. The molecule has 9 heteroatoms. The third-order valence-corrected chi connectivity index (χ3v) is 6.26. The number of rotatable bonds is 0. The van der Waals surface area contributed by atoms with Gasteiger partial charge in [-0.2, -0.15) is 0 Å². The fourth-order valence-corrected chi connectivity index (χ4v) is 4.57. The highest BCUT2D eigenvalue weighted by molar-refractivity contribution is 6.32. The van der Waals surface area contributed by atoms with Gasteiger partial charge in [0.15, 0.2) is 0 Å². The van der Waals surface area contributed by atoms with Crippen LogP contribution in [0.4, 0.5) is 0 Å². The maximum absolute atomic E-state index is 6.21. The molecule has 33 heavy (non-hydrogen) atoms. The van der Waals surface area contributed by atoms with E-state index in [1.54, 1.807) is 36.4 Å². The molecular formula is C24H9Cl3N6. The predicted octanol–water partition coefficient (Wildman–Crippen LogP) is 6.94. The molecule has 0 N–H and O–H groups in total. The van der Waals surface area contributed by atoms with E-state index in [1.165, 1.54) is 0 Å². The summed E-state index contributed by atoms with van der Waals surface area (Å²) in [6.07, 6.45) is 0. The average molecular weight is 488 g/mol. The van der Waals surface area contributed by atoms with E-state index >= 15 is 0 Å². The largest absolute Gasteiger partial charge is 0.242 e. The maximum Gasteiger partial charge on any atom is 0.120 e. The van der Waals surface area contributed by atoms with Gasteiger partial charge in [-0.25, -0.2) is 29.9 Å². The number of hydrogen-bond acceptors (Lipinski definition) is 6. The van der Waals surface area contributed by atoms with Crippen molar-refractivity contribution < 1.29 is 0 Å². The van der Waals surface area contributed by atoms with Crippen LogP contribution in [0, 0.1) is 0 Å². The Morgan fingerprint density at radius 2 is 0.576 bits per heavy atom. The number of hydrogen-bond donors (Lipinski definition) is 0. The first-order valence-corrected chi connectivity index (χ1v) is 11.1. The van der Waals surface area contributed by atoms with Crippen molar-refractivity contribution >= 4 is 101 Å². The Bertz CT molecular complexity index is 1720. The van der Waals surface area contributed by atoms with Gasteiger partial charge in [-0.15, -0.1) is 0 Å². The van der Waals surface area contributed by atoms with Crippen LogP contribution in [-0.2, 0) is 0 Å². The van der Waals surface area contributed by atoms with Gasteiger partial charge in [-0.1, -0.05) is 34.8 Å². The first-order chi connectivity index (χ1) is 16.0. The Morgan fingerprint density at radius 3 is 0.848 bits per heavy atom. The number of halogens is 3. The van der Waals surface area contributed by atoms with Crippen molar-refractivity contribution in [3.8, 4) is 0 Å². The monoisotopic (exact) mass is 486 g/mol. The molecule has 0 aliphatic rings. The molecule has 0 radical (unpaired) electrons. The van der Waals surface area contributed by atoms with Crippen LogP contribution in [-0.4, -0.2) is 29.9 Å².